The zero-order valence-electron chi connectivity index (χ0n) is 11.8. The Hall–Kier alpha value is -0.900. The standard InChI is InChI=1S/C16H24N2O/c1-19-12-14-5-3-2-4-13(14)10-18-9-8-15-6-7-16(11-18)17-15/h2-5,15-17H,6-12H2,1H3. The Bertz CT molecular complexity index is 421. The lowest BCUT2D eigenvalue weighted by Gasteiger charge is -2.25. The highest BCUT2D eigenvalue weighted by molar-refractivity contribution is 5.26. The number of likely N-dealkylation sites (tertiary alicyclic amines) is 1. The molecule has 3 heteroatoms. The molecule has 0 amide bonds. The Labute approximate surface area is 115 Å². The van der Waals surface area contributed by atoms with Gasteiger partial charge >= 0.3 is 0 Å². The van der Waals surface area contributed by atoms with E-state index in [-0.39, 0.29) is 0 Å². The van der Waals surface area contributed by atoms with Gasteiger partial charge in [-0.2, -0.15) is 0 Å². The van der Waals surface area contributed by atoms with Gasteiger partial charge in [-0.05, 0) is 30.4 Å². The Morgan fingerprint density at radius 1 is 1.16 bits per heavy atom. The van der Waals surface area contributed by atoms with Crippen LogP contribution in [0.25, 0.3) is 0 Å². The van der Waals surface area contributed by atoms with E-state index in [4.69, 9.17) is 4.74 Å². The zero-order chi connectivity index (χ0) is 13.1. The molecule has 3 rings (SSSR count). The van der Waals surface area contributed by atoms with Crippen molar-refractivity contribution in [2.24, 2.45) is 0 Å². The molecular weight excluding hydrogens is 236 g/mol. The van der Waals surface area contributed by atoms with E-state index >= 15 is 0 Å². The quantitative estimate of drug-likeness (QED) is 0.898. The van der Waals surface area contributed by atoms with Crippen LogP contribution in [0.1, 0.15) is 30.4 Å². The van der Waals surface area contributed by atoms with Crippen molar-refractivity contribution < 1.29 is 4.74 Å². The van der Waals surface area contributed by atoms with Gasteiger partial charge in [-0.3, -0.25) is 4.90 Å². The summed E-state index contributed by atoms with van der Waals surface area (Å²) in [6.07, 6.45) is 4.02. The van der Waals surface area contributed by atoms with Crippen molar-refractivity contribution in [3.05, 3.63) is 35.4 Å². The van der Waals surface area contributed by atoms with Crippen LogP contribution in [-0.2, 0) is 17.9 Å². The molecule has 0 radical (unpaired) electrons. The minimum atomic E-state index is 0.710. The van der Waals surface area contributed by atoms with Gasteiger partial charge in [-0.15, -0.1) is 0 Å². The van der Waals surface area contributed by atoms with Crippen molar-refractivity contribution in [2.45, 2.75) is 44.5 Å². The van der Waals surface area contributed by atoms with Crippen molar-refractivity contribution in [2.75, 3.05) is 20.2 Å². The molecule has 1 aromatic rings. The van der Waals surface area contributed by atoms with Gasteiger partial charge in [0.15, 0.2) is 0 Å². The second-order valence-electron chi connectivity index (χ2n) is 5.86. The summed E-state index contributed by atoms with van der Waals surface area (Å²) in [6.45, 7) is 4.19. The van der Waals surface area contributed by atoms with Crippen LogP contribution in [-0.4, -0.2) is 37.2 Å². The van der Waals surface area contributed by atoms with E-state index in [2.05, 4.69) is 34.5 Å². The van der Waals surface area contributed by atoms with Crippen molar-refractivity contribution in [3.63, 3.8) is 0 Å². The fourth-order valence-electron chi connectivity index (χ4n) is 3.41. The fraction of sp³-hybridized carbons (Fsp3) is 0.625. The average molecular weight is 260 g/mol. The Kier molecular flexibility index (Phi) is 4.16. The van der Waals surface area contributed by atoms with Crippen molar-refractivity contribution >= 4 is 0 Å². The second-order valence-corrected chi connectivity index (χ2v) is 5.86. The normalized spacial score (nSPS) is 27.4. The van der Waals surface area contributed by atoms with Crippen molar-refractivity contribution in [1.82, 2.24) is 10.2 Å². The first kappa shape index (κ1) is 13.1. The van der Waals surface area contributed by atoms with E-state index < -0.39 is 0 Å². The van der Waals surface area contributed by atoms with Crippen LogP contribution in [0.3, 0.4) is 0 Å². The maximum absolute atomic E-state index is 5.30. The lowest BCUT2D eigenvalue weighted by Crippen LogP contribution is -2.35. The summed E-state index contributed by atoms with van der Waals surface area (Å²) >= 11 is 0. The third kappa shape index (κ3) is 3.16. The molecule has 2 unspecified atom stereocenters. The van der Waals surface area contributed by atoms with E-state index in [1.165, 1.54) is 43.5 Å². The highest BCUT2D eigenvalue weighted by atomic mass is 16.5. The lowest BCUT2D eigenvalue weighted by molar-refractivity contribution is 0.181. The van der Waals surface area contributed by atoms with Crippen LogP contribution in [0.2, 0.25) is 0 Å². The molecule has 0 aromatic heterocycles. The van der Waals surface area contributed by atoms with Gasteiger partial charge in [0.1, 0.15) is 0 Å². The topological polar surface area (TPSA) is 24.5 Å². The number of fused-ring (bicyclic) bond motifs is 2. The molecule has 2 heterocycles. The summed E-state index contributed by atoms with van der Waals surface area (Å²) in [5, 5.41) is 3.74. The molecule has 0 spiro atoms. The molecular formula is C16H24N2O. The van der Waals surface area contributed by atoms with Gasteiger partial charge in [-0.1, -0.05) is 24.3 Å². The molecule has 3 nitrogen and oxygen atoms in total. The predicted molar refractivity (Wildman–Crippen MR) is 77.0 cm³/mol. The number of rotatable bonds is 4. The summed E-state index contributed by atoms with van der Waals surface area (Å²) in [5.41, 5.74) is 2.74. The Morgan fingerprint density at radius 3 is 2.79 bits per heavy atom. The smallest absolute Gasteiger partial charge is 0.0716 e. The number of hydrogen-bond donors (Lipinski definition) is 1. The zero-order valence-corrected chi connectivity index (χ0v) is 11.8. The van der Waals surface area contributed by atoms with Gasteiger partial charge in [0.2, 0.25) is 0 Å². The summed E-state index contributed by atoms with van der Waals surface area (Å²) in [4.78, 5) is 2.60. The molecule has 19 heavy (non-hydrogen) atoms. The summed E-state index contributed by atoms with van der Waals surface area (Å²) in [7, 11) is 1.77. The summed E-state index contributed by atoms with van der Waals surface area (Å²) < 4.78 is 5.30. The molecule has 2 aliphatic heterocycles. The molecule has 2 fully saturated rings. The van der Waals surface area contributed by atoms with E-state index in [9.17, 15) is 0 Å². The molecule has 2 bridgehead atoms. The monoisotopic (exact) mass is 260 g/mol. The van der Waals surface area contributed by atoms with E-state index in [1.54, 1.807) is 7.11 Å². The SMILES string of the molecule is COCc1ccccc1CN1CCC2CCC(C1)N2. The number of nitrogens with zero attached hydrogens (tertiary/aromatic N) is 1. The van der Waals surface area contributed by atoms with Crippen LogP contribution in [0.15, 0.2) is 24.3 Å². The number of methoxy groups -OCH3 is 1. The maximum atomic E-state index is 5.30. The summed E-state index contributed by atoms with van der Waals surface area (Å²) in [6, 6.07) is 10.1. The first-order valence-electron chi connectivity index (χ1n) is 7.39. The third-order valence-electron chi connectivity index (χ3n) is 4.42. The van der Waals surface area contributed by atoms with Crippen LogP contribution >= 0.6 is 0 Å². The Balaban J connectivity index is 1.67. The molecule has 1 N–H and O–H groups in total. The molecule has 1 aromatic carbocycles. The first-order valence-corrected chi connectivity index (χ1v) is 7.39. The van der Waals surface area contributed by atoms with Crippen LogP contribution in [0, 0.1) is 0 Å². The van der Waals surface area contributed by atoms with Crippen LogP contribution in [0.5, 0.6) is 0 Å². The lowest BCUT2D eigenvalue weighted by atomic mass is 10.1. The minimum Gasteiger partial charge on any atom is -0.380 e. The average Bonchev–Trinajstić information content (AvgIpc) is 2.75. The van der Waals surface area contributed by atoms with Gasteiger partial charge < -0.3 is 10.1 Å². The van der Waals surface area contributed by atoms with Gasteiger partial charge in [0.05, 0.1) is 6.61 Å². The third-order valence-corrected chi connectivity index (χ3v) is 4.42. The van der Waals surface area contributed by atoms with Gasteiger partial charge in [-0.25, -0.2) is 0 Å². The van der Waals surface area contributed by atoms with Crippen molar-refractivity contribution in [3.8, 4) is 0 Å². The molecule has 2 atom stereocenters. The van der Waals surface area contributed by atoms with Gasteiger partial charge in [0.25, 0.3) is 0 Å². The second kappa shape index (κ2) is 6.04. The number of nitrogens with one attached hydrogen (secondary N) is 1. The molecule has 0 saturated carbocycles. The first-order chi connectivity index (χ1) is 9.35. The highest BCUT2D eigenvalue weighted by Gasteiger charge is 2.29. The van der Waals surface area contributed by atoms with Crippen LogP contribution < -0.4 is 5.32 Å². The van der Waals surface area contributed by atoms with Crippen molar-refractivity contribution in [1.29, 1.82) is 0 Å². The summed E-state index contributed by atoms with van der Waals surface area (Å²) in [5.74, 6) is 0. The minimum absolute atomic E-state index is 0.710. The van der Waals surface area contributed by atoms with Gasteiger partial charge in [0, 0.05) is 38.8 Å². The number of ether oxygens (including phenoxy) is 1. The molecule has 0 aliphatic carbocycles. The van der Waals surface area contributed by atoms with E-state index in [0.717, 1.165) is 12.6 Å². The number of hydrogen-bond acceptors (Lipinski definition) is 3. The molecule has 2 saturated heterocycles. The van der Waals surface area contributed by atoms with E-state index in [0.29, 0.717) is 12.6 Å². The maximum Gasteiger partial charge on any atom is 0.0716 e. The Morgan fingerprint density at radius 2 is 1.95 bits per heavy atom. The molecule has 104 valence electrons. The van der Waals surface area contributed by atoms with Crippen LogP contribution in [0.4, 0.5) is 0 Å². The van der Waals surface area contributed by atoms with E-state index in [1.807, 2.05) is 0 Å². The number of benzene rings is 1. The molecule has 2 aliphatic rings. The highest BCUT2D eigenvalue weighted by Crippen LogP contribution is 2.22. The fourth-order valence-corrected chi connectivity index (χ4v) is 3.41. The largest absolute Gasteiger partial charge is 0.380 e. The predicted octanol–water partition coefficient (Wildman–Crippen LogP) is 2.16.